The lowest BCUT2D eigenvalue weighted by atomic mass is 9.83. The molecule has 0 bridgehead atoms. The normalized spacial score (nSPS) is 26.0. The first-order valence-electron chi connectivity index (χ1n) is 6.32. The van der Waals surface area contributed by atoms with Crippen LogP contribution < -0.4 is 5.32 Å². The zero-order chi connectivity index (χ0) is 12.3. The number of nitrogens with zero attached hydrogens (tertiary/aromatic N) is 1. The third-order valence-electron chi connectivity index (χ3n) is 3.36. The number of hydrogen-bond donors (Lipinski definition) is 1. The predicted octanol–water partition coefficient (Wildman–Crippen LogP) is 1.88. The van der Waals surface area contributed by atoms with Gasteiger partial charge in [0.25, 0.3) is 0 Å². The van der Waals surface area contributed by atoms with Crippen molar-refractivity contribution in [3.05, 3.63) is 0 Å². The van der Waals surface area contributed by atoms with Crippen LogP contribution in [-0.4, -0.2) is 37.0 Å². The lowest BCUT2D eigenvalue weighted by molar-refractivity contribution is -0.133. The van der Waals surface area contributed by atoms with Crippen LogP contribution in [0.2, 0.25) is 0 Å². The highest BCUT2D eigenvalue weighted by molar-refractivity contribution is 5.82. The molecule has 1 aliphatic heterocycles. The largest absolute Gasteiger partial charge is 0.341 e. The highest BCUT2D eigenvalue weighted by Crippen LogP contribution is 2.30. The van der Waals surface area contributed by atoms with Crippen LogP contribution >= 0.6 is 0 Å². The van der Waals surface area contributed by atoms with E-state index in [0.717, 1.165) is 25.9 Å². The van der Waals surface area contributed by atoms with Gasteiger partial charge in [-0.1, -0.05) is 27.7 Å². The van der Waals surface area contributed by atoms with Gasteiger partial charge in [0.1, 0.15) is 0 Å². The van der Waals surface area contributed by atoms with Crippen LogP contribution in [0, 0.1) is 11.3 Å². The van der Waals surface area contributed by atoms with Gasteiger partial charge >= 0.3 is 0 Å². The molecule has 1 amide bonds. The number of likely N-dealkylation sites (tertiary alicyclic amines) is 1. The Morgan fingerprint density at radius 1 is 1.50 bits per heavy atom. The summed E-state index contributed by atoms with van der Waals surface area (Å²) in [4.78, 5) is 14.3. The topological polar surface area (TPSA) is 32.3 Å². The number of hydrogen-bond acceptors (Lipinski definition) is 2. The maximum absolute atomic E-state index is 12.3. The van der Waals surface area contributed by atoms with Crippen LogP contribution in [0.1, 0.15) is 40.5 Å². The molecular formula is C13H26N2O. The lowest BCUT2D eigenvalue weighted by Crippen LogP contribution is -2.45. The number of rotatable bonds is 3. The van der Waals surface area contributed by atoms with Crippen LogP contribution in [0.25, 0.3) is 0 Å². The van der Waals surface area contributed by atoms with Crippen molar-refractivity contribution in [1.82, 2.24) is 10.2 Å². The van der Waals surface area contributed by atoms with E-state index in [-0.39, 0.29) is 17.4 Å². The molecule has 1 heterocycles. The molecular weight excluding hydrogens is 200 g/mol. The van der Waals surface area contributed by atoms with Gasteiger partial charge < -0.3 is 10.2 Å². The maximum atomic E-state index is 12.3. The zero-order valence-electron chi connectivity index (χ0n) is 11.3. The molecule has 0 aliphatic carbocycles. The molecule has 0 saturated carbocycles. The molecule has 1 fully saturated rings. The van der Waals surface area contributed by atoms with Crippen molar-refractivity contribution in [2.75, 3.05) is 20.1 Å². The third kappa shape index (κ3) is 3.48. The summed E-state index contributed by atoms with van der Waals surface area (Å²) >= 11 is 0. The zero-order valence-corrected chi connectivity index (χ0v) is 11.3. The van der Waals surface area contributed by atoms with Crippen molar-refractivity contribution in [2.45, 2.75) is 46.6 Å². The Morgan fingerprint density at radius 2 is 2.12 bits per heavy atom. The van der Waals surface area contributed by atoms with E-state index < -0.39 is 0 Å². The van der Waals surface area contributed by atoms with Crippen molar-refractivity contribution in [1.29, 1.82) is 0 Å². The molecule has 0 radical (unpaired) electrons. The minimum Gasteiger partial charge on any atom is -0.341 e. The minimum absolute atomic E-state index is 0.00347. The fourth-order valence-corrected chi connectivity index (χ4v) is 2.36. The van der Waals surface area contributed by atoms with Gasteiger partial charge in [0, 0.05) is 13.1 Å². The number of likely N-dealkylation sites (N-methyl/N-ethyl adjacent to an activating group) is 1. The Hall–Kier alpha value is -0.570. The van der Waals surface area contributed by atoms with E-state index in [1.165, 1.54) is 0 Å². The Bertz CT molecular complexity index is 248. The summed E-state index contributed by atoms with van der Waals surface area (Å²) in [6.07, 6.45) is 2.04. The molecule has 3 nitrogen and oxygen atoms in total. The Labute approximate surface area is 99.6 Å². The van der Waals surface area contributed by atoms with E-state index in [1.54, 1.807) is 0 Å². The van der Waals surface area contributed by atoms with Crippen molar-refractivity contribution in [2.24, 2.45) is 11.3 Å². The molecule has 0 aromatic carbocycles. The molecule has 0 aromatic heterocycles. The predicted molar refractivity (Wildman–Crippen MR) is 67.3 cm³/mol. The molecule has 3 heteroatoms. The number of nitrogens with one attached hydrogen (secondary N) is 1. The van der Waals surface area contributed by atoms with Gasteiger partial charge in [-0.3, -0.25) is 4.79 Å². The summed E-state index contributed by atoms with van der Waals surface area (Å²) in [7, 11) is 1.89. The first-order chi connectivity index (χ1) is 7.35. The average Bonchev–Trinajstić information content (AvgIpc) is 2.28. The lowest BCUT2D eigenvalue weighted by Gasteiger charge is -2.25. The second-order valence-corrected chi connectivity index (χ2v) is 6.14. The molecule has 0 spiro atoms. The van der Waals surface area contributed by atoms with Gasteiger partial charge in [0.2, 0.25) is 5.91 Å². The molecule has 1 aliphatic rings. The highest BCUT2D eigenvalue weighted by Gasteiger charge is 2.34. The average molecular weight is 226 g/mol. The van der Waals surface area contributed by atoms with Crippen molar-refractivity contribution >= 4 is 5.91 Å². The second-order valence-electron chi connectivity index (χ2n) is 6.14. The number of carbonyl (C=O) groups excluding carboxylic acids is 1. The van der Waals surface area contributed by atoms with E-state index in [0.29, 0.717) is 5.92 Å². The van der Waals surface area contributed by atoms with Gasteiger partial charge in [0.15, 0.2) is 0 Å². The summed E-state index contributed by atoms with van der Waals surface area (Å²) in [5, 5.41) is 3.16. The number of amides is 1. The summed E-state index contributed by atoms with van der Waals surface area (Å²) in [5.74, 6) is 0.824. The Morgan fingerprint density at radius 3 is 2.62 bits per heavy atom. The molecule has 1 saturated heterocycles. The van der Waals surface area contributed by atoms with E-state index in [9.17, 15) is 4.79 Å². The first kappa shape index (κ1) is 13.5. The van der Waals surface area contributed by atoms with Gasteiger partial charge in [-0.05, 0) is 31.2 Å². The molecule has 1 unspecified atom stereocenters. The summed E-state index contributed by atoms with van der Waals surface area (Å²) in [6.45, 7) is 10.6. The van der Waals surface area contributed by atoms with E-state index >= 15 is 0 Å². The first-order valence-corrected chi connectivity index (χ1v) is 6.32. The van der Waals surface area contributed by atoms with Gasteiger partial charge in [-0.25, -0.2) is 0 Å². The summed E-state index contributed by atoms with van der Waals surface area (Å²) < 4.78 is 0. The molecule has 1 rings (SSSR count). The smallest absolute Gasteiger partial charge is 0.239 e. The van der Waals surface area contributed by atoms with Gasteiger partial charge in [-0.2, -0.15) is 0 Å². The fourth-order valence-electron chi connectivity index (χ4n) is 2.36. The monoisotopic (exact) mass is 226 g/mol. The Balaban J connectivity index is 2.77. The van der Waals surface area contributed by atoms with Gasteiger partial charge in [0.05, 0.1) is 6.04 Å². The highest BCUT2D eigenvalue weighted by atomic mass is 16.2. The van der Waals surface area contributed by atoms with Crippen LogP contribution in [0.5, 0.6) is 0 Å². The standard InChI is InChI=1S/C13H26N2O/c1-10(2)9-15-7-6-13(3,4)8-11(14-5)12(15)16/h10-11,14H,6-9H2,1-5H3. The molecule has 1 atom stereocenters. The second kappa shape index (κ2) is 5.17. The molecule has 0 aromatic rings. The third-order valence-corrected chi connectivity index (χ3v) is 3.36. The Kier molecular flexibility index (Phi) is 4.36. The van der Waals surface area contributed by atoms with Crippen molar-refractivity contribution in [3.63, 3.8) is 0 Å². The van der Waals surface area contributed by atoms with E-state index in [4.69, 9.17) is 0 Å². The minimum atomic E-state index is -0.00347. The maximum Gasteiger partial charge on any atom is 0.239 e. The van der Waals surface area contributed by atoms with E-state index in [1.807, 2.05) is 11.9 Å². The molecule has 16 heavy (non-hydrogen) atoms. The molecule has 94 valence electrons. The fraction of sp³-hybridized carbons (Fsp3) is 0.923. The van der Waals surface area contributed by atoms with Crippen LogP contribution in [0.3, 0.4) is 0 Å². The quantitative estimate of drug-likeness (QED) is 0.797. The van der Waals surface area contributed by atoms with Gasteiger partial charge in [-0.15, -0.1) is 0 Å². The van der Waals surface area contributed by atoms with Crippen LogP contribution in [0.15, 0.2) is 0 Å². The van der Waals surface area contributed by atoms with Crippen LogP contribution in [0.4, 0.5) is 0 Å². The SMILES string of the molecule is CNC1CC(C)(C)CCN(CC(C)C)C1=O. The summed E-state index contributed by atoms with van der Waals surface area (Å²) in [5.41, 5.74) is 0.259. The molecule has 1 N–H and O–H groups in total. The summed E-state index contributed by atoms with van der Waals surface area (Å²) in [6, 6.07) is -0.00347. The van der Waals surface area contributed by atoms with Crippen molar-refractivity contribution < 1.29 is 4.79 Å². The van der Waals surface area contributed by atoms with Crippen molar-refractivity contribution in [3.8, 4) is 0 Å². The van der Waals surface area contributed by atoms with Crippen LogP contribution in [-0.2, 0) is 4.79 Å². The van der Waals surface area contributed by atoms with E-state index in [2.05, 4.69) is 33.0 Å². The number of carbonyl (C=O) groups is 1.